The number of aryl methyl sites for hydroxylation is 2. The van der Waals surface area contributed by atoms with Gasteiger partial charge in [-0.05, 0) is 38.5 Å². The van der Waals surface area contributed by atoms with Gasteiger partial charge in [-0.2, -0.15) is 0 Å². The molecule has 0 radical (unpaired) electrons. The highest BCUT2D eigenvalue weighted by molar-refractivity contribution is 8.00. The van der Waals surface area contributed by atoms with Crippen LogP contribution in [0, 0.1) is 13.8 Å². The average molecular weight is 383 g/mol. The maximum atomic E-state index is 12.7. The molecule has 0 aliphatic carbocycles. The monoisotopic (exact) mass is 383 g/mol. The van der Waals surface area contributed by atoms with Crippen molar-refractivity contribution in [3.8, 4) is 5.69 Å². The summed E-state index contributed by atoms with van der Waals surface area (Å²) in [5.74, 6) is 0.154. The molecule has 0 spiro atoms. The summed E-state index contributed by atoms with van der Waals surface area (Å²) in [4.78, 5) is 33.6. The second-order valence-corrected chi connectivity index (χ2v) is 7.29. The van der Waals surface area contributed by atoms with Crippen molar-refractivity contribution in [1.82, 2.24) is 19.7 Å². The molecule has 2 heterocycles. The van der Waals surface area contributed by atoms with Gasteiger partial charge in [0.25, 0.3) is 5.56 Å². The summed E-state index contributed by atoms with van der Waals surface area (Å²) in [6.45, 7) is 5.73. The molecule has 8 heteroatoms. The second-order valence-electron chi connectivity index (χ2n) is 6.12. The van der Waals surface area contributed by atoms with Crippen molar-refractivity contribution in [1.29, 1.82) is 0 Å². The van der Waals surface area contributed by atoms with Gasteiger partial charge in [0.05, 0.1) is 10.9 Å². The lowest BCUT2D eigenvalue weighted by molar-refractivity contribution is -0.115. The molecule has 0 saturated carbocycles. The highest BCUT2D eigenvalue weighted by Gasteiger charge is 2.21. The van der Waals surface area contributed by atoms with Gasteiger partial charge < -0.3 is 5.32 Å². The first kappa shape index (κ1) is 18.9. The first-order valence-electron chi connectivity index (χ1n) is 8.63. The fraction of sp³-hybridized carbons (Fsp3) is 0.263. The molecule has 3 aromatic rings. The molecule has 2 aromatic heterocycles. The SMILES string of the molecule is CCC(Sc1nc(C)cc(C)n1)C(=O)Nc1cc(=O)n(-c2ccccc2)[nH]1. The topological polar surface area (TPSA) is 92.7 Å². The number of thioether (sulfide) groups is 1. The van der Waals surface area contributed by atoms with Crippen LogP contribution in [-0.2, 0) is 4.79 Å². The number of anilines is 1. The number of para-hydroxylation sites is 1. The Balaban J connectivity index is 1.74. The third kappa shape index (κ3) is 4.65. The van der Waals surface area contributed by atoms with E-state index >= 15 is 0 Å². The van der Waals surface area contributed by atoms with Crippen LogP contribution in [0.25, 0.3) is 5.69 Å². The Hall–Kier alpha value is -2.87. The number of nitrogens with zero attached hydrogens (tertiary/aromatic N) is 3. The predicted molar refractivity (Wildman–Crippen MR) is 106 cm³/mol. The molecular formula is C19H21N5O2S. The molecule has 0 aliphatic rings. The van der Waals surface area contributed by atoms with E-state index in [-0.39, 0.29) is 16.7 Å². The Morgan fingerprint density at radius 1 is 1.19 bits per heavy atom. The molecule has 1 amide bonds. The van der Waals surface area contributed by atoms with Crippen molar-refractivity contribution < 1.29 is 4.79 Å². The van der Waals surface area contributed by atoms with Crippen LogP contribution in [-0.4, -0.2) is 30.9 Å². The summed E-state index contributed by atoms with van der Waals surface area (Å²) >= 11 is 1.32. The Kier molecular flexibility index (Phi) is 5.75. The lowest BCUT2D eigenvalue weighted by atomic mass is 10.3. The first-order chi connectivity index (χ1) is 13.0. The van der Waals surface area contributed by atoms with Gasteiger partial charge >= 0.3 is 0 Å². The molecule has 0 bridgehead atoms. The van der Waals surface area contributed by atoms with Gasteiger partial charge in [0.2, 0.25) is 5.91 Å². The highest BCUT2D eigenvalue weighted by atomic mass is 32.2. The maximum absolute atomic E-state index is 12.7. The largest absolute Gasteiger partial charge is 0.310 e. The van der Waals surface area contributed by atoms with Crippen LogP contribution >= 0.6 is 11.8 Å². The molecule has 7 nitrogen and oxygen atoms in total. The van der Waals surface area contributed by atoms with Crippen LogP contribution in [0.4, 0.5) is 5.82 Å². The van der Waals surface area contributed by atoms with Gasteiger partial charge in [-0.3, -0.25) is 14.7 Å². The van der Waals surface area contributed by atoms with Crippen LogP contribution in [0.1, 0.15) is 24.7 Å². The van der Waals surface area contributed by atoms with Gasteiger partial charge in [0, 0.05) is 17.5 Å². The van der Waals surface area contributed by atoms with Gasteiger partial charge in [-0.15, -0.1) is 0 Å². The minimum absolute atomic E-state index is 0.202. The smallest absolute Gasteiger partial charge is 0.273 e. The van der Waals surface area contributed by atoms with Crippen molar-refractivity contribution in [3.05, 3.63) is 64.2 Å². The Bertz CT molecular complexity index is 977. The maximum Gasteiger partial charge on any atom is 0.273 e. The zero-order valence-electron chi connectivity index (χ0n) is 15.4. The average Bonchev–Trinajstić information content (AvgIpc) is 2.99. The summed E-state index contributed by atoms with van der Waals surface area (Å²) in [7, 11) is 0. The van der Waals surface area contributed by atoms with Gasteiger partial charge in [-0.25, -0.2) is 14.6 Å². The molecule has 0 saturated heterocycles. The van der Waals surface area contributed by atoms with E-state index in [1.54, 1.807) is 0 Å². The fourth-order valence-electron chi connectivity index (χ4n) is 2.64. The van der Waals surface area contributed by atoms with Crippen molar-refractivity contribution in [2.75, 3.05) is 5.32 Å². The number of hydrogen-bond acceptors (Lipinski definition) is 5. The zero-order chi connectivity index (χ0) is 19.4. The molecule has 2 N–H and O–H groups in total. The van der Waals surface area contributed by atoms with E-state index < -0.39 is 0 Å². The predicted octanol–water partition coefficient (Wildman–Crippen LogP) is 3.08. The third-order valence-corrected chi connectivity index (χ3v) is 5.09. The number of nitrogens with one attached hydrogen (secondary N) is 2. The Morgan fingerprint density at radius 3 is 2.48 bits per heavy atom. The highest BCUT2D eigenvalue weighted by Crippen LogP contribution is 2.23. The summed E-state index contributed by atoms with van der Waals surface area (Å²) in [5.41, 5.74) is 2.19. The van der Waals surface area contributed by atoms with Crippen LogP contribution in [0.3, 0.4) is 0 Å². The van der Waals surface area contributed by atoms with E-state index in [2.05, 4.69) is 20.4 Å². The van der Waals surface area contributed by atoms with E-state index in [9.17, 15) is 9.59 Å². The summed E-state index contributed by atoms with van der Waals surface area (Å²) < 4.78 is 1.39. The van der Waals surface area contributed by atoms with E-state index in [1.807, 2.05) is 57.2 Å². The van der Waals surface area contributed by atoms with Crippen molar-refractivity contribution in [2.24, 2.45) is 0 Å². The normalized spacial score (nSPS) is 12.0. The van der Waals surface area contributed by atoms with Gasteiger partial charge in [0.1, 0.15) is 5.82 Å². The van der Waals surface area contributed by atoms with E-state index in [1.165, 1.54) is 22.5 Å². The van der Waals surface area contributed by atoms with E-state index in [4.69, 9.17) is 0 Å². The lowest BCUT2D eigenvalue weighted by Gasteiger charge is -2.13. The molecular weight excluding hydrogens is 362 g/mol. The van der Waals surface area contributed by atoms with E-state index in [0.717, 1.165) is 11.4 Å². The minimum Gasteiger partial charge on any atom is -0.310 e. The van der Waals surface area contributed by atoms with Crippen LogP contribution in [0.15, 0.2) is 52.4 Å². The fourth-order valence-corrected chi connectivity index (χ4v) is 3.62. The standard InChI is InChI=1S/C19H21N5O2S/c1-4-15(27-19-20-12(2)10-13(3)21-19)18(26)22-16-11-17(25)24(23-16)14-8-6-5-7-9-14/h5-11,15,23H,4H2,1-3H3,(H,22,26). The lowest BCUT2D eigenvalue weighted by Crippen LogP contribution is -2.25. The number of aromatic amines is 1. The number of aromatic nitrogens is 4. The van der Waals surface area contributed by atoms with Crippen LogP contribution < -0.4 is 10.9 Å². The molecule has 0 aliphatic heterocycles. The van der Waals surface area contributed by atoms with Crippen molar-refractivity contribution >= 4 is 23.5 Å². The summed E-state index contributed by atoms with van der Waals surface area (Å²) in [5, 5.41) is 5.91. The Morgan fingerprint density at radius 2 is 1.85 bits per heavy atom. The second kappa shape index (κ2) is 8.22. The number of hydrogen-bond donors (Lipinski definition) is 2. The molecule has 140 valence electrons. The first-order valence-corrected chi connectivity index (χ1v) is 9.51. The molecule has 1 unspecified atom stereocenters. The molecule has 27 heavy (non-hydrogen) atoms. The molecule has 0 fully saturated rings. The number of rotatable bonds is 6. The van der Waals surface area contributed by atoms with Crippen LogP contribution in [0.5, 0.6) is 0 Å². The molecule has 3 rings (SSSR count). The third-order valence-electron chi connectivity index (χ3n) is 3.87. The number of carbonyl (C=O) groups is 1. The quantitative estimate of drug-likeness (QED) is 0.504. The Labute approximate surface area is 161 Å². The number of amides is 1. The summed E-state index contributed by atoms with van der Waals surface area (Å²) in [6, 6.07) is 12.4. The molecule has 1 atom stereocenters. The minimum atomic E-state index is -0.366. The van der Waals surface area contributed by atoms with Gasteiger partial charge in [-0.1, -0.05) is 36.9 Å². The molecule has 1 aromatic carbocycles. The van der Waals surface area contributed by atoms with Crippen LogP contribution in [0.2, 0.25) is 0 Å². The van der Waals surface area contributed by atoms with Gasteiger partial charge in [0.15, 0.2) is 5.16 Å². The van der Waals surface area contributed by atoms with Crippen molar-refractivity contribution in [2.45, 2.75) is 37.6 Å². The number of carbonyl (C=O) groups excluding carboxylic acids is 1. The van der Waals surface area contributed by atoms with Crippen molar-refractivity contribution in [3.63, 3.8) is 0 Å². The number of H-pyrrole nitrogens is 1. The number of benzene rings is 1. The summed E-state index contributed by atoms with van der Waals surface area (Å²) in [6.07, 6.45) is 0.608. The zero-order valence-corrected chi connectivity index (χ0v) is 16.2. The van der Waals surface area contributed by atoms with E-state index in [0.29, 0.717) is 23.1 Å².